The van der Waals surface area contributed by atoms with Gasteiger partial charge >= 0.3 is 11.9 Å². The molecule has 0 bridgehead atoms. The van der Waals surface area contributed by atoms with Crippen LogP contribution in [0, 0.1) is 0 Å². The summed E-state index contributed by atoms with van der Waals surface area (Å²) in [6.45, 7) is 0.819. The number of nitrogens with zero attached hydrogens (tertiary/aromatic N) is 3. The van der Waals surface area contributed by atoms with Crippen molar-refractivity contribution >= 4 is 11.6 Å². The van der Waals surface area contributed by atoms with Gasteiger partial charge in [0.2, 0.25) is 0 Å². The van der Waals surface area contributed by atoms with Gasteiger partial charge in [0, 0.05) is 25.2 Å². The van der Waals surface area contributed by atoms with Gasteiger partial charge in [0.05, 0.1) is 11.1 Å². The number of H-pyrrole nitrogens is 1. The van der Waals surface area contributed by atoms with Crippen molar-refractivity contribution in [3.05, 3.63) is 69.8 Å². The van der Waals surface area contributed by atoms with Gasteiger partial charge < -0.3 is 4.90 Å². The summed E-state index contributed by atoms with van der Waals surface area (Å²) in [5.41, 5.74) is -0.0370. The van der Waals surface area contributed by atoms with Crippen LogP contribution in [-0.2, 0) is 6.18 Å². The number of halogens is 3. The van der Waals surface area contributed by atoms with Crippen molar-refractivity contribution in [1.82, 2.24) is 19.5 Å². The van der Waals surface area contributed by atoms with Crippen molar-refractivity contribution in [2.75, 3.05) is 13.1 Å². The Balaban J connectivity index is 1.60. The molecule has 146 valence electrons. The van der Waals surface area contributed by atoms with E-state index in [4.69, 9.17) is 0 Å². The third-order valence-electron chi connectivity index (χ3n) is 5.07. The monoisotopic (exact) mass is 390 g/mol. The number of carbonyl (C=O) groups excluding carboxylic acids is 1. The minimum absolute atomic E-state index is 0.180. The van der Waals surface area contributed by atoms with Crippen molar-refractivity contribution in [3.63, 3.8) is 0 Å². The van der Waals surface area contributed by atoms with E-state index in [0.717, 1.165) is 12.1 Å². The highest BCUT2D eigenvalue weighted by Crippen LogP contribution is 2.34. The highest BCUT2D eigenvalue weighted by molar-refractivity contribution is 5.99. The first-order valence-corrected chi connectivity index (χ1v) is 8.87. The number of alkyl halides is 3. The SMILES string of the molecule is O=C(c1cccn2c(=O)[nH]nc12)N1CCCC(c2cccc(C(F)(F)F)c2)C1. The smallest absolute Gasteiger partial charge is 0.338 e. The van der Waals surface area contributed by atoms with Gasteiger partial charge in [0.25, 0.3) is 5.91 Å². The Kier molecular flexibility index (Phi) is 4.44. The molecule has 1 aromatic carbocycles. The van der Waals surface area contributed by atoms with Gasteiger partial charge in [0.1, 0.15) is 0 Å². The van der Waals surface area contributed by atoms with E-state index in [9.17, 15) is 22.8 Å². The first-order valence-electron chi connectivity index (χ1n) is 8.87. The van der Waals surface area contributed by atoms with Crippen molar-refractivity contribution < 1.29 is 18.0 Å². The largest absolute Gasteiger partial charge is 0.416 e. The van der Waals surface area contributed by atoms with Gasteiger partial charge in [-0.1, -0.05) is 18.2 Å². The molecule has 6 nitrogen and oxygen atoms in total. The minimum Gasteiger partial charge on any atom is -0.338 e. The normalized spacial score (nSPS) is 17.8. The fraction of sp³-hybridized carbons (Fsp3) is 0.316. The highest BCUT2D eigenvalue weighted by atomic mass is 19.4. The number of nitrogens with one attached hydrogen (secondary N) is 1. The predicted molar refractivity (Wildman–Crippen MR) is 95.1 cm³/mol. The summed E-state index contributed by atoms with van der Waals surface area (Å²) in [7, 11) is 0. The molecule has 2 aromatic heterocycles. The Hall–Kier alpha value is -3.10. The molecule has 0 aliphatic carbocycles. The molecular formula is C19H17F3N4O2. The Labute approximate surface area is 157 Å². The van der Waals surface area contributed by atoms with Crippen molar-refractivity contribution in [3.8, 4) is 0 Å². The van der Waals surface area contributed by atoms with Crippen LogP contribution in [0.15, 0.2) is 47.4 Å². The number of piperidine rings is 1. The van der Waals surface area contributed by atoms with Crippen LogP contribution in [0.4, 0.5) is 13.2 Å². The second-order valence-electron chi connectivity index (χ2n) is 6.86. The third kappa shape index (κ3) is 3.28. The van der Waals surface area contributed by atoms with Crippen LogP contribution >= 0.6 is 0 Å². The van der Waals surface area contributed by atoms with E-state index in [0.29, 0.717) is 31.5 Å². The van der Waals surface area contributed by atoms with Gasteiger partial charge in [0.15, 0.2) is 5.65 Å². The number of benzene rings is 1. The number of amides is 1. The van der Waals surface area contributed by atoms with E-state index >= 15 is 0 Å². The summed E-state index contributed by atoms with van der Waals surface area (Å²) < 4.78 is 40.3. The van der Waals surface area contributed by atoms with Crippen molar-refractivity contribution in [2.24, 2.45) is 0 Å². The molecule has 3 aromatic rings. The lowest BCUT2D eigenvalue weighted by molar-refractivity contribution is -0.137. The van der Waals surface area contributed by atoms with E-state index in [1.807, 2.05) is 0 Å². The van der Waals surface area contributed by atoms with Gasteiger partial charge in [-0.3, -0.25) is 4.79 Å². The summed E-state index contributed by atoms with van der Waals surface area (Å²) in [5.74, 6) is -0.470. The van der Waals surface area contributed by atoms with E-state index < -0.39 is 17.4 Å². The zero-order valence-corrected chi connectivity index (χ0v) is 14.7. The molecule has 1 saturated heterocycles. The number of aromatic amines is 1. The van der Waals surface area contributed by atoms with Gasteiger partial charge in [-0.05, 0) is 36.6 Å². The van der Waals surface area contributed by atoms with Crippen molar-refractivity contribution in [2.45, 2.75) is 24.9 Å². The first-order chi connectivity index (χ1) is 13.3. The highest BCUT2D eigenvalue weighted by Gasteiger charge is 2.32. The molecule has 1 atom stereocenters. The molecule has 1 N–H and O–H groups in total. The lowest BCUT2D eigenvalue weighted by Crippen LogP contribution is -2.39. The minimum atomic E-state index is -4.40. The van der Waals surface area contributed by atoms with Crippen LogP contribution in [0.1, 0.15) is 40.2 Å². The Morgan fingerprint density at radius 2 is 2.04 bits per heavy atom. The number of rotatable bonds is 2. The van der Waals surface area contributed by atoms with Gasteiger partial charge in [-0.2, -0.15) is 18.3 Å². The topological polar surface area (TPSA) is 70.5 Å². The van der Waals surface area contributed by atoms with Crippen LogP contribution in [0.2, 0.25) is 0 Å². The average molecular weight is 390 g/mol. The van der Waals surface area contributed by atoms with E-state index in [1.165, 1.54) is 16.7 Å². The fourth-order valence-corrected chi connectivity index (χ4v) is 3.67. The first kappa shape index (κ1) is 18.3. The molecule has 1 fully saturated rings. The average Bonchev–Trinajstić information content (AvgIpc) is 3.08. The number of carbonyl (C=O) groups is 1. The molecule has 1 aliphatic heterocycles. The number of hydrogen-bond acceptors (Lipinski definition) is 3. The number of aromatic nitrogens is 3. The predicted octanol–water partition coefficient (Wildman–Crippen LogP) is 3.06. The molecule has 9 heteroatoms. The standard InChI is InChI=1S/C19H17F3N4O2/c20-19(21,22)14-6-1-4-12(10-14)13-5-2-8-25(11-13)17(27)15-7-3-9-26-16(15)23-24-18(26)28/h1,3-4,6-7,9-10,13H,2,5,8,11H2,(H,24,28). The van der Waals surface area contributed by atoms with Gasteiger partial charge in [-0.15, -0.1) is 0 Å². The molecule has 4 rings (SSSR count). The maximum atomic E-state index is 13.0. The number of likely N-dealkylation sites (tertiary alicyclic amines) is 1. The Morgan fingerprint density at radius 3 is 2.82 bits per heavy atom. The molecule has 0 radical (unpaired) electrons. The summed E-state index contributed by atoms with van der Waals surface area (Å²) in [6, 6.07) is 8.45. The van der Waals surface area contributed by atoms with E-state index in [1.54, 1.807) is 23.1 Å². The second-order valence-corrected chi connectivity index (χ2v) is 6.86. The van der Waals surface area contributed by atoms with E-state index in [2.05, 4.69) is 10.2 Å². The summed E-state index contributed by atoms with van der Waals surface area (Å²) in [4.78, 5) is 26.3. The van der Waals surface area contributed by atoms with E-state index in [-0.39, 0.29) is 23.0 Å². The third-order valence-corrected chi connectivity index (χ3v) is 5.07. The van der Waals surface area contributed by atoms with Crippen LogP contribution in [-0.4, -0.2) is 38.5 Å². The Morgan fingerprint density at radius 1 is 1.21 bits per heavy atom. The van der Waals surface area contributed by atoms with Crippen LogP contribution < -0.4 is 5.69 Å². The Bertz CT molecular complexity index is 1090. The number of fused-ring (bicyclic) bond motifs is 1. The van der Waals surface area contributed by atoms with Gasteiger partial charge in [-0.25, -0.2) is 14.3 Å². The maximum absolute atomic E-state index is 13.0. The molecule has 0 saturated carbocycles. The molecule has 1 unspecified atom stereocenters. The molecule has 28 heavy (non-hydrogen) atoms. The lowest BCUT2D eigenvalue weighted by Gasteiger charge is -2.33. The van der Waals surface area contributed by atoms with Crippen LogP contribution in [0.25, 0.3) is 5.65 Å². The van der Waals surface area contributed by atoms with Crippen molar-refractivity contribution in [1.29, 1.82) is 0 Å². The van der Waals surface area contributed by atoms with Crippen LogP contribution in [0.3, 0.4) is 0 Å². The molecule has 1 aliphatic rings. The van der Waals surface area contributed by atoms with Crippen LogP contribution in [0.5, 0.6) is 0 Å². The number of pyridine rings is 1. The molecule has 1 amide bonds. The fourth-order valence-electron chi connectivity index (χ4n) is 3.67. The number of hydrogen-bond donors (Lipinski definition) is 1. The molecule has 3 heterocycles. The second kappa shape index (κ2) is 6.81. The maximum Gasteiger partial charge on any atom is 0.416 e. The zero-order valence-electron chi connectivity index (χ0n) is 14.7. The zero-order chi connectivity index (χ0) is 19.9. The quantitative estimate of drug-likeness (QED) is 0.731. The summed E-state index contributed by atoms with van der Waals surface area (Å²) >= 11 is 0. The molecule has 0 spiro atoms. The molecular weight excluding hydrogens is 373 g/mol. The lowest BCUT2D eigenvalue weighted by atomic mass is 9.89. The summed E-state index contributed by atoms with van der Waals surface area (Å²) in [6.07, 6.45) is -1.50. The summed E-state index contributed by atoms with van der Waals surface area (Å²) in [5, 5.41) is 6.21.